The average molecular weight is 429 g/mol. The molecule has 0 spiro atoms. The number of hydrogen-bond donors (Lipinski definition) is 4. The summed E-state index contributed by atoms with van der Waals surface area (Å²) >= 11 is 0. The highest BCUT2D eigenvalue weighted by Gasteiger charge is 2.19. The van der Waals surface area contributed by atoms with Gasteiger partial charge in [-0.2, -0.15) is 0 Å². The Kier molecular flexibility index (Phi) is 5.83. The third-order valence-corrected chi connectivity index (χ3v) is 5.80. The van der Waals surface area contributed by atoms with Crippen molar-refractivity contribution in [2.45, 2.75) is 53.6 Å². The zero-order chi connectivity index (χ0) is 23.0. The molecule has 1 aromatic heterocycles. The fraction of sp³-hybridized carbons (Fsp3) is 0.296. The van der Waals surface area contributed by atoms with Gasteiger partial charge >= 0.3 is 5.69 Å². The van der Waals surface area contributed by atoms with Crippen LogP contribution in [0.2, 0.25) is 0 Å². The van der Waals surface area contributed by atoms with Gasteiger partial charge in [0.1, 0.15) is 0 Å². The molecule has 32 heavy (non-hydrogen) atoms. The van der Waals surface area contributed by atoms with E-state index in [0.717, 1.165) is 55.8 Å². The van der Waals surface area contributed by atoms with Gasteiger partial charge in [-0.25, -0.2) is 4.79 Å². The largest absolute Gasteiger partial charge is 0.383 e. The van der Waals surface area contributed by atoms with Gasteiger partial charge in [0, 0.05) is 34.6 Å². The highest BCUT2D eigenvalue weighted by atomic mass is 16.1. The Hall–Kier alpha value is -3.47. The smallest absolute Gasteiger partial charge is 0.323 e. The van der Waals surface area contributed by atoms with E-state index in [0.29, 0.717) is 12.1 Å². The summed E-state index contributed by atoms with van der Waals surface area (Å²) in [4.78, 5) is 18.5. The molecule has 1 heterocycles. The maximum atomic E-state index is 12.4. The first-order chi connectivity index (χ1) is 15.2. The van der Waals surface area contributed by atoms with Crippen LogP contribution < -0.4 is 16.3 Å². The number of rotatable bonds is 6. The standard InChI is InChI=1S/C27H32N4O/c1-15(2)28-21-11-7-19(8-12-21)23-17(5)18(6)24(26-25(23)30-27(32)31-26)20-9-13-22(14-10-20)29-16(3)4/h7-16,28-29H,1-6H3,(H2,30,31,32). The summed E-state index contributed by atoms with van der Waals surface area (Å²) in [5, 5.41) is 6.86. The summed E-state index contributed by atoms with van der Waals surface area (Å²) in [7, 11) is 0. The molecule has 0 fully saturated rings. The maximum absolute atomic E-state index is 12.4. The molecule has 166 valence electrons. The summed E-state index contributed by atoms with van der Waals surface area (Å²) < 4.78 is 0. The maximum Gasteiger partial charge on any atom is 0.323 e. The molecule has 0 amide bonds. The number of nitrogens with one attached hydrogen (secondary N) is 4. The lowest BCUT2D eigenvalue weighted by atomic mass is 9.88. The minimum atomic E-state index is -0.191. The molecule has 0 aliphatic carbocycles. The summed E-state index contributed by atoms with van der Waals surface area (Å²) in [6.07, 6.45) is 0. The van der Waals surface area contributed by atoms with Gasteiger partial charge in [0.05, 0.1) is 11.0 Å². The van der Waals surface area contributed by atoms with E-state index in [2.05, 4.69) is 111 Å². The van der Waals surface area contributed by atoms with Gasteiger partial charge in [-0.1, -0.05) is 24.3 Å². The lowest BCUT2D eigenvalue weighted by Crippen LogP contribution is -2.09. The van der Waals surface area contributed by atoms with Crippen LogP contribution >= 0.6 is 0 Å². The van der Waals surface area contributed by atoms with E-state index >= 15 is 0 Å². The number of aromatic amines is 2. The van der Waals surface area contributed by atoms with E-state index < -0.39 is 0 Å². The van der Waals surface area contributed by atoms with Crippen molar-refractivity contribution >= 4 is 22.4 Å². The topological polar surface area (TPSA) is 72.7 Å². The van der Waals surface area contributed by atoms with Gasteiger partial charge in [-0.3, -0.25) is 0 Å². The Morgan fingerprint density at radius 3 is 1.28 bits per heavy atom. The second kappa shape index (κ2) is 8.58. The molecule has 0 bridgehead atoms. The van der Waals surface area contributed by atoms with Crippen molar-refractivity contribution in [3.05, 3.63) is 70.1 Å². The monoisotopic (exact) mass is 428 g/mol. The summed E-state index contributed by atoms with van der Waals surface area (Å²) in [6, 6.07) is 17.6. The van der Waals surface area contributed by atoms with Crippen molar-refractivity contribution in [1.82, 2.24) is 9.97 Å². The Labute approximate surface area is 189 Å². The molecular weight excluding hydrogens is 396 g/mol. The highest BCUT2D eigenvalue weighted by molar-refractivity contribution is 6.04. The Bertz CT molecular complexity index is 1190. The van der Waals surface area contributed by atoms with Gasteiger partial charge in [-0.15, -0.1) is 0 Å². The minimum Gasteiger partial charge on any atom is -0.383 e. The van der Waals surface area contributed by atoms with Gasteiger partial charge in [0.15, 0.2) is 0 Å². The number of benzene rings is 3. The first kappa shape index (κ1) is 21.8. The SMILES string of the molecule is Cc1c(C)c(-c2ccc(NC(C)C)cc2)c2[nH]c(=O)[nH]c2c1-c1ccc(NC(C)C)cc1. The molecule has 0 unspecified atom stereocenters. The molecule has 0 aliphatic rings. The molecule has 4 rings (SSSR count). The van der Waals surface area contributed by atoms with Crippen LogP contribution in [-0.4, -0.2) is 22.1 Å². The number of anilines is 2. The molecule has 0 atom stereocenters. The number of hydrogen-bond acceptors (Lipinski definition) is 3. The van der Waals surface area contributed by atoms with Crippen LogP contribution in [0.4, 0.5) is 11.4 Å². The number of H-pyrrole nitrogens is 2. The van der Waals surface area contributed by atoms with E-state index in [9.17, 15) is 4.79 Å². The van der Waals surface area contributed by atoms with Crippen molar-refractivity contribution in [3.8, 4) is 22.3 Å². The van der Waals surface area contributed by atoms with Crippen molar-refractivity contribution in [2.75, 3.05) is 10.6 Å². The van der Waals surface area contributed by atoms with Crippen molar-refractivity contribution in [2.24, 2.45) is 0 Å². The van der Waals surface area contributed by atoms with E-state index in [-0.39, 0.29) is 5.69 Å². The molecule has 5 nitrogen and oxygen atoms in total. The van der Waals surface area contributed by atoms with Crippen molar-refractivity contribution in [1.29, 1.82) is 0 Å². The van der Waals surface area contributed by atoms with Crippen LogP contribution in [0, 0.1) is 13.8 Å². The zero-order valence-corrected chi connectivity index (χ0v) is 19.7. The van der Waals surface area contributed by atoms with Crippen LogP contribution in [0.1, 0.15) is 38.8 Å². The van der Waals surface area contributed by atoms with Crippen molar-refractivity contribution < 1.29 is 0 Å². The van der Waals surface area contributed by atoms with Crippen LogP contribution in [0.3, 0.4) is 0 Å². The van der Waals surface area contributed by atoms with Crippen LogP contribution in [-0.2, 0) is 0 Å². The summed E-state index contributed by atoms with van der Waals surface area (Å²) in [5.74, 6) is 0. The number of imidazole rings is 1. The van der Waals surface area contributed by atoms with Crippen molar-refractivity contribution in [3.63, 3.8) is 0 Å². The molecule has 0 aliphatic heterocycles. The Morgan fingerprint density at radius 1 is 0.625 bits per heavy atom. The molecule has 4 N–H and O–H groups in total. The normalized spacial score (nSPS) is 11.5. The van der Waals surface area contributed by atoms with Crippen LogP contribution in [0.25, 0.3) is 33.3 Å². The molecule has 0 saturated heterocycles. The third-order valence-electron chi connectivity index (χ3n) is 5.80. The van der Waals surface area contributed by atoms with Crippen LogP contribution in [0.5, 0.6) is 0 Å². The Balaban J connectivity index is 1.86. The molecule has 0 radical (unpaired) electrons. The second-order valence-corrected chi connectivity index (χ2v) is 9.08. The number of fused-ring (bicyclic) bond motifs is 1. The predicted molar refractivity (Wildman–Crippen MR) is 137 cm³/mol. The molecule has 3 aromatic carbocycles. The average Bonchev–Trinajstić information content (AvgIpc) is 3.10. The molecule has 0 saturated carbocycles. The van der Waals surface area contributed by atoms with Gasteiger partial charge in [0.25, 0.3) is 0 Å². The van der Waals surface area contributed by atoms with Gasteiger partial charge < -0.3 is 20.6 Å². The van der Waals surface area contributed by atoms with Crippen LogP contribution in [0.15, 0.2) is 53.3 Å². The lowest BCUT2D eigenvalue weighted by Gasteiger charge is -2.18. The zero-order valence-electron chi connectivity index (χ0n) is 19.7. The minimum absolute atomic E-state index is 0.191. The van der Waals surface area contributed by atoms with E-state index in [4.69, 9.17) is 0 Å². The Morgan fingerprint density at radius 2 is 0.969 bits per heavy atom. The predicted octanol–water partition coefficient (Wildman–Crippen LogP) is 6.45. The molecule has 5 heteroatoms. The summed E-state index contributed by atoms with van der Waals surface area (Å²) in [5.41, 5.74) is 10.3. The quantitative estimate of drug-likeness (QED) is 0.285. The van der Waals surface area contributed by atoms with E-state index in [1.165, 1.54) is 0 Å². The first-order valence-corrected chi connectivity index (χ1v) is 11.2. The highest BCUT2D eigenvalue weighted by Crippen LogP contribution is 2.40. The van der Waals surface area contributed by atoms with Gasteiger partial charge in [0.2, 0.25) is 0 Å². The van der Waals surface area contributed by atoms with E-state index in [1.807, 2.05) is 0 Å². The van der Waals surface area contributed by atoms with Gasteiger partial charge in [-0.05, 0) is 88.1 Å². The lowest BCUT2D eigenvalue weighted by molar-refractivity contribution is 0.899. The first-order valence-electron chi connectivity index (χ1n) is 11.2. The number of aromatic nitrogens is 2. The molecule has 4 aromatic rings. The summed E-state index contributed by atoms with van der Waals surface area (Å²) in [6.45, 7) is 12.8. The second-order valence-electron chi connectivity index (χ2n) is 9.08. The fourth-order valence-corrected chi connectivity index (χ4v) is 4.36. The molecular formula is C27H32N4O. The fourth-order valence-electron chi connectivity index (χ4n) is 4.36. The third kappa shape index (κ3) is 4.15. The van der Waals surface area contributed by atoms with E-state index in [1.54, 1.807) is 0 Å².